The molecule has 74 valence electrons. The van der Waals surface area contributed by atoms with Gasteiger partial charge >= 0.3 is 0 Å². The van der Waals surface area contributed by atoms with Crippen LogP contribution in [-0.4, -0.2) is 5.75 Å². The zero-order valence-corrected chi connectivity index (χ0v) is 10.3. The quantitative estimate of drug-likeness (QED) is 0.745. The van der Waals surface area contributed by atoms with E-state index in [1.807, 2.05) is 17.8 Å². The minimum absolute atomic E-state index is 0.832. The van der Waals surface area contributed by atoms with E-state index in [0.29, 0.717) is 0 Å². The Morgan fingerprint density at radius 1 is 1.43 bits per heavy atom. The molecule has 0 aliphatic carbocycles. The van der Waals surface area contributed by atoms with Crippen molar-refractivity contribution in [1.29, 1.82) is 0 Å². The van der Waals surface area contributed by atoms with E-state index in [9.17, 15) is 0 Å². The third-order valence-corrected chi connectivity index (χ3v) is 4.25. The van der Waals surface area contributed by atoms with Gasteiger partial charge in [-0.15, -0.1) is 11.3 Å². The number of hydrogen-bond donors (Lipinski definition) is 0. The van der Waals surface area contributed by atoms with Crippen LogP contribution in [0, 0.1) is 0 Å². The Morgan fingerprint density at radius 3 is 3.07 bits per heavy atom. The fourth-order valence-corrected chi connectivity index (χ4v) is 3.26. The molecule has 3 heteroatoms. The van der Waals surface area contributed by atoms with Gasteiger partial charge in [-0.05, 0) is 40.3 Å². The van der Waals surface area contributed by atoms with Crippen LogP contribution >= 0.6 is 34.7 Å². The van der Waals surface area contributed by atoms with Gasteiger partial charge in [0.1, 0.15) is 0 Å². The van der Waals surface area contributed by atoms with Gasteiger partial charge in [0.05, 0.1) is 0 Å². The second-order valence-corrected chi connectivity index (χ2v) is 5.66. The highest BCUT2D eigenvalue weighted by Crippen LogP contribution is 2.30. The lowest BCUT2D eigenvalue weighted by atomic mass is 10.2. The van der Waals surface area contributed by atoms with E-state index >= 15 is 0 Å². The maximum Gasteiger partial charge on any atom is 0.0413 e. The predicted molar refractivity (Wildman–Crippen MR) is 68.7 cm³/mol. The first-order valence-corrected chi connectivity index (χ1v) is 6.96. The molecule has 0 unspecified atom stereocenters. The summed E-state index contributed by atoms with van der Waals surface area (Å²) in [6.07, 6.45) is 0. The third kappa shape index (κ3) is 2.08. The summed E-state index contributed by atoms with van der Waals surface area (Å²) in [6, 6.07) is 6.12. The Labute approximate surface area is 97.3 Å². The van der Waals surface area contributed by atoms with E-state index in [1.54, 1.807) is 11.3 Å². The minimum Gasteiger partial charge on any atom is -0.157 e. The van der Waals surface area contributed by atoms with Crippen LogP contribution in [0.3, 0.4) is 0 Å². The van der Waals surface area contributed by atoms with Crippen molar-refractivity contribution in [2.75, 3.05) is 5.75 Å². The average Bonchev–Trinajstić information content (AvgIpc) is 2.57. The smallest absolute Gasteiger partial charge is 0.0413 e. The molecule has 1 heterocycles. The topological polar surface area (TPSA) is 0 Å². The number of hydrogen-bond acceptors (Lipinski definition) is 2. The van der Waals surface area contributed by atoms with Crippen molar-refractivity contribution in [1.82, 2.24) is 0 Å². The highest BCUT2D eigenvalue weighted by Gasteiger charge is 2.03. The first-order chi connectivity index (χ1) is 6.81. The summed E-state index contributed by atoms with van der Waals surface area (Å²) < 4.78 is 1.33. The summed E-state index contributed by atoms with van der Waals surface area (Å²) in [4.78, 5) is 0. The molecule has 0 saturated carbocycles. The van der Waals surface area contributed by atoms with Crippen LogP contribution in [0.1, 0.15) is 12.5 Å². The van der Waals surface area contributed by atoms with Crippen LogP contribution in [0.25, 0.3) is 10.1 Å². The van der Waals surface area contributed by atoms with Gasteiger partial charge in [-0.1, -0.05) is 18.5 Å². The zero-order valence-electron chi connectivity index (χ0n) is 7.92. The van der Waals surface area contributed by atoms with E-state index in [1.165, 1.54) is 15.6 Å². The molecule has 1 aromatic carbocycles. The Kier molecular flexibility index (Phi) is 3.37. The van der Waals surface area contributed by atoms with Crippen molar-refractivity contribution in [3.8, 4) is 0 Å². The van der Waals surface area contributed by atoms with Crippen molar-refractivity contribution in [2.45, 2.75) is 12.7 Å². The second kappa shape index (κ2) is 4.56. The lowest BCUT2D eigenvalue weighted by Gasteiger charge is -1.97. The number of rotatable bonds is 3. The molecular weight excluding hydrogens is 232 g/mol. The standard InChI is InChI=1S/C11H11ClS2/c1-2-13-6-8-7-14-11-4-3-9(12)5-10(8)11/h3-5,7H,2,6H2,1H3. The molecule has 14 heavy (non-hydrogen) atoms. The highest BCUT2D eigenvalue weighted by atomic mass is 35.5. The highest BCUT2D eigenvalue weighted by molar-refractivity contribution is 7.98. The summed E-state index contributed by atoms with van der Waals surface area (Å²) in [7, 11) is 0. The summed E-state index contributed by atoms with van der Waals surface area (Å²) in [5.41, 5.74) is 1.42. The van der Waals surface area contributed by atoms with E-state index in [2.05, 4.69) is 24.4 Å². The van der Waals surface area contributed by atoms with Crippen molar-refractivity contribution >= 4 is 44.8 Å². The van der Waals surface area contributed by atoms with Crippen LogP contribution < -0.4 is 0 Å². The Bertz CT molecular complexity index is 434. The van der Waals surface area contributed by atoms with Crippen LogP contribution in [0.2, 0.25) is 5.02 Å². The van der Waals surface area contributed by atoms with E-state index in [4.69, 9.17) is 11.6 Å². The first-order valence-electron chi connectivity index (χ1n) is 4.54. The Balaban J connectivity index is 2.40. The third-order valence-electron chi connectivity index (χ3n) is 2.08. The fourth-order valence-electron chi connectivity index (χ4n) is 1.38. The van der Waals surface area contributed by atoms with Crippen molar-refractivity contribution in [2.24, 2.45) is 0 Å². The summed E-state index contributed by atoms with van der Waals surface area (Å²) in [6.45, 7) is 2.19. The molecule has 0 aliphatic heterocycles. The van der Waals surface area contributed by atoms with Gasteiger partial charge in [-0.3, -0.25) is 0 Å². The van der Waals surface area contributed by atoms with Gasteiger partial charge in [0, 0.05) is 15.5 Å². The molecule has 2 rings (SSSR count). The predicted octanol–water partition coefficient (Wildman–Crippen LogP) is 4.81. The number of thiophene rings is 1. The molecule has 0 spiro atoms. The van der Waals surface area contributed by atoms with E-state index < -0.39 is 0 Å². The molecule has 0 fully saturated rings. The van der Waals surface area contributed by atoms with Crippen molar-refractivity contribution in [3.63, 3.8) is 0 Å². The van der Waals surface area contributed by atoms with Gasteiger partial charge in [-0.25, -0.2) is 0 Å². The van der Waals surface area contributed by atoms with Crippen LogP contribution in [-0.2, 0) is 5.75 Å². The monoisotopic (exact) mass is 242 g/mol. The normalized spacial score (nSPS) is 11.0. The van der Waals surface area contributed by atoms with Gasteiger partial charge < -0.3 is 0 Å². The van der Waals surface area contributed by atoms with Gasteiger partial charge in [0.15, 0.2) is 0 Å². The molecule has 0 radical (unpaired) electrons. The van der Waals surface area contributed by atoms with E-state index in [0.717, 1.165) is 16.5 Å². The molecule has 0 saturated heterocycles. The van der Waals surface area contributed by atoms with Crippen molar-refractivity contribution in [3.05, 3.63) is 34.2 Å². The van der Waals surface area contributed by atoms with Crippen LogP contribution in [0.4, 0.5) is 0 Å². The second-order valence-electron chi connectivity index (χ2n) is 3.04. The Morgan fingerprint density at radius 2 is 2.29 bits per heavy atom. The molecular formula is C11H11ClS2. The average molecular weight is 243 g/mol. The molecule has 0 nitrogen and oxygen atoms in total. The van der Waals surface area contributed by atoms with Gasteiger partial charge in [0.2, 0.25) is 0 Å². The number of halogens is 1. The molecule has 0 atom stereocenters. The Hall–Kier alpha value is -0.180. The summed E-state index contributed by atoms with van der Waals surface area (Å²) in [5.74, 6) is 2.26. The van der Waals surface area contributed by atoms with Gasteiger partial charge in [-0.2, -0.15) is 11.8 Å². The zero-order chi connectivity index (χ0) is 9.97. The maximum atomic E-state index is 5.98. The SMILES string of the molecule is CCSCc1csc2ccc(Cl)cc12. The van der Waals surface area contributed by atoms with Crippen LogP contribution in [0.15, 0.2) is 23.6 Å². The lowest BCUT2D eigenvalue weighted by Crippen LogP contribution is -1.77. The first kappa shape index (κ1) is 10.3. The lowest BCUT2D eigenvalue weighted by molar-refractivity contribution is 1.45. The van der Waals surface area contributed by atoms with E-state index in [-0.39, 0.29) is 0 Å². The molecule has 0 aliphatic rings. The number of benzene rings is 1. The summed E-state index contributed by atoms with van der Waals surface area (Å²) in [5, 5.41) is 4.39. The molecule has 2 aromatic rings. The summed E-state index contributed by atoms with van der Waals surface area (Å²) >= 11 is 9.73. The number of thioether (sulfide) groups is 1. The van der Waals surface area contributed by atoms with Gasteiger partial charge in [0.25, 0.3) is 0 Å². The number of fused-ring (bicyclic) bond motifs is 1. The molecule has 0 bridgehead atoms. The fraction of sp³-hybridized carbons (Fsp3) is 0.273. The molecule has 0 amide bonds. The van der Waals surface area contributed by atoms with Crippen molar-refractivity contribution < 1.29 is 0 Å². The molecule has 0 N–H and O–H groups in total. The van der Waals surface area contributed by atoms with Crippen LogP contribution in [0.5, 0.6) is 0 Å². The maximum absolute atomic E-state index is 5.98. The molecule has 1 aromatic heterocycles. The minimum atomic E-state index is 0.832. The largest absolute Gasteiger partial charge is 0.157 e.